The zero-order valence-corrected chi connectivity index (χ0v) is 33.5. The first-order valence-corrected chi connectivity index (χ1v) is 21.4. The second-order valence-corrected chi connectivity index (χ2v) is 14.8. The highest BCUT2D eigenvalue weighted by atomic mass is 16.7. The van der Waals surface area contributed by atoms with Crippen molar-refractivity contribution in [3.63, 3.8) is 0 Å². The van der Waals surface area contributed by atoms with Crippen LogP contribution in [0.25, 0.3) is 0 Å². The van der Waals surface area contributed by atoms with Gasteiger partial charge in [0.2, 0.25) is 5.91 Å². The first kappa shape index (κ1) is 49.2. The highest BCUT2D eigenvalue weighted by Gasteiger charge is 2.44. The maximum absolute atomic E-state index is 12.9. The number of ether oxygens (including phenoxy) is 2. The van der Waals surface area contributed by atoms with Crippen molar-refractivity contribution in [1.29, 1.82) is 0 Å². The fourth-order valence-electron chi connectivity index (χ4n) is 6.34. The van der Waals surface area contributed by atoms with Crippen LogP contribution in [0.5, 0.6) is 0 Å². The van der Waals surface area contributed by atoms with Gasteiger partial charge in [-0.05, 0) is 64.2 Å². The molecular formula is C44H79NO8. The highest BCUT2D eigenvalue weighted by Crippen LogP contribution is 2.22. The van der Waals surface area contributed by atoms with Gasteiger partial charge in [0.1, 0.15) is 24.4 Å². The Labute approximate surface area is 323 Å². The molecule has 9 nitrogen and oxygen atoms in total. The summed E-state index contributed by atoms with van der Waals surface area (Å²) >= 11 is 0. The summed E-state index contributed by atoms with van der Waals surface area (Å²) in [5, 5.41) is 54.0. The molecule has 0 spiro atoms. The van der Waals surface area contributed by atoms with E-state index in [1.807, 2.05) is 6.08 Å². The van der Waals surface area contributed by atoms with E-state index in [-0.39, 0.29) is 12.5 Å². The topological polar surface area (TPSA) is 149 Å². The highest BCUT2D eigenvalue weighted by molar-refractivity contribution is 5.76. The molecule has 0 aromatic carbocycles. The number of unbranched alkanes of at least 4 members (excludes halogenated alkanes) is 18. The van der Waals surface area contributed by atoms with Gasteiger partial charge in [-0.15, -0.1) is 0 Å². The van der Waals surface area contributed by atoms with Crippen LogP contribution in [0.2, 0.25) is 0 Å². The summed E-state index contributed by atoms with van der Waals surface area (Å²) in [4.78, 5) is 12.9. The fraction of sp³-hybridized carbons (Fsp3) is 0.795. The van der Waals surface area contributed by atoms with Crippen LogP contribution >= 0.6 is 0 Å². The fourth-order valence-corrected chi connectivity index (χ4v) is 6.34. The van der Waals surface area contributed by atoms with Gasteiger partial charge in [0.15, 0.2) is 6.29 Å². The van der Waals surface area contributed by atoms with Crippen molar-refractivity contribution in [3.8, 4) is 0 Å². The SMILES string of the molecule is CCCC/C=C/CC/C=C/CC/C=C/C(O)C(COC1OC(CO)C(O)C(O)C1O)NC(=O)CCCCCCC/C=C\CCCCCCCCCCC. The van der Waals surface area contributed by atoms with Gasteiger partial charge in [0, 0.05) is 6.42 Å². The van der Waals surface area contributed by atoms with Crippen LogP contribution in [-0.4, -0.2) is 87.5 Å². The second-order valence-electron chi connectivity index (χ2n) is 14.8. The minimum absolute atomic E-state index is 0.203. The number of hydrogen-bond donors (Lipinski definition) is 6. The van der Waals surface area contributed by atoms with Crippen molar-refractivity contribution < 1.29 is 39.8 Å². The monoisotopic (exact) mass is 750 g/mol. The third kappa shape index (κ3) is 25.8. The van der Waals surface area contributed by atoms with E-state index in [0.29, 0.717) is 6.42 Å². The Morgan fingerprint density at radius 3 is 1.64 bits per heavy atom. The van der Waals surface area contributed by atoms with E-state index in [1.54, 1.807) is 6.08 Å². The maximum atomic E-state index is 12.9. The number of nitrogens with one attached hydrogen (secondary N) is 1. The summed E-state index contributed by atoms with van der Waals surface area (Å²) in [6.07, 6.45) is 35.8. The smallest absolute Gasteiger partial charge is 0.220 e. The van der Waals surface area contributed by atoms with Crippen molar-refractivity contribution in [3.05, 3.63) is 48.6 Å². The lowest BCUT2D eigenvalue weighted by atomic mass is 9.99. The largest absolute Gasteiger partial charge is 0.394 e. The van der Waals surface area contributed by atoms with E-state index in [9.17, 15) is 30.3 Å². The summed E-state index contributed by atoms with van der Waals surface area (Å²) in [5.74, 6) is -0.203. The minimum atomic E-state index is -1.57. The number of aliphatic hydroxyl groups is 5. The first-order chi connectivity index (χ1) is 25.8. The number of carbonyl (C=O) groups is 1. The van der Waals surface area contributed by atoms with Crippen molar-refractivity contribution in [2.24, 2.45) is 0 Å². The summed E-state index contributed by atoms with van der Waals surface area (Å²) in [6, 6.07) is -0.830. The van der Waals surface area contributed by atoms with Gasteiger partial charge < -0.3 is 40.3 Å². The van der Waals surface area contributed by atoms with Crippen molar-refractivity contribution in [2.45, 2.75) is 211 Å². The van der Waals surface area contributed by atoms with Gasteiger partial charge in [-0.25, -0.2) is 0 Å². The van der Waals surface area contributed by atoms with Crippen LogP contribution in [0.3, 0.4) is 0 Å². The third-order valence-electron chi connectivity index (χ3n) is 9.85. The van der Waals surface area contributed by atoms with E-state index in [1.165, 1.54) is 77.0 Å². The Balaban J connectivity index is 2.41. The second kappa shape index (κ2) is 34.6. The number of carbonyl (C=O) groups excluding carboxylic acids is 1. The van der Waals surface area contributed by atoms with Crippen LogP contribution in [0.15, 0.2) is 48.6 Å². The lowest BCUT2D eigenvalue weighted by Gasteiger charge is -2.40. The molecule has 1 heterocycles. The minimum Gasteiger partial charge on any atom is -0.394 e. The number of amides is 1. The van der Waals surface area contributed by atoms with Crippen LogP contribution < -0.4 is 5.32 Å². The van der Waals surface area contributed by atoms with Crippen molar-refractivity contribution >= 4 is 5.91 Å². The van der Waals surface area contributed by atoms with Crippen LogP contribution in [0.1, 0.15) is 168 Å². The number of aliphatic hydroxyl groups excluding tert-OH is 5. The predicted molar refractivity (Wildman–Crippen MR) is 216 cm³/mol. The predicted octanol–water partition coefficient (Wildman–Crippen LogP) is 8.28. The quantitative estimate of drug-likeness (QED) is 0.0285. The molecule has 308 valence electrons. The molecule has 0 aromatic rings. The molecule has 1 fully saturated rings. The molecule has 7 unspecified atom stereocenters. The van der Waals surface area contributed by atoms with Crippen LogP contribution in [-0.2, 0) is 14.3 Å². The first-order valence-electron chi connectivity index (χ1n) is 21.4. The lowest BCUT2D eigenvalue weighted by molar-refractivity contribution is -0.302. The van der Waals surface area contributed by atoms with Gasteiger partial charge >= 0.3 is 0 Å². The van der Waals surface area contributed by atoms with Crippen LogP contribution in [0, 0.1) is 0 Å². The van der Waals surface area contributed by atoms with E-state index >= 15 is 0 Å². The molecule has 1 rings (SSSR count). The Hall–Kier alpha value is -1.85. The molecule has 53 heavy (non-hydrogen) atoms. The maximum Gasteiger partial charge on any atom is 0.220 e. The average Bonchev–Trinajstić information content (AvgIpc) is 3.16. The molecule has 1 aliphatic heterocycles. The number of rotatable bonds is 34. The lowest BCUT2D eigenvalue weighted by Crippen LogP contribution is -2.60. The Kier molecular flexibility index (Phi) is 32.1. The van der Waals surface area contributed by atoms with Gasteiger partial charge in [-0.1, -0.05) is 146 Å². The Bertz CT molecular complexity index is 967. The standard InChI is InChI=1S/C44H79NO8/c1-3-5-7-9-11-13-15-17-18-19-20-21-22-24-26-28-30-32-34-40(48)45-37(36-52-44-43(51)42(50)41(49)39(35-46)53-44)38(47)33-31-29-27-25-23-16-14-12-10-8-6-4-2/h10,12,20-21,23,25,31,33,37-39,41-44,46-47,49-51H,3-9,11,13-19,22,24,26-30,32,34-36H2,1-2H3,(H,45,48)/b12-10+,21-20-,25-23+,33-31+. The van der Waals surface area contributed by atoms with Gasteiger partial charge in [-0.3, -0.25) is 4.79 Å². The van der Waals surface area contributed by atoms with Gasteiger partial charge in [0.05, 0.1) is 25.4 Å². The Morgan fingerprint density at radius 1 is 0.623 bits per heavy atom. The normalized spacial score (nSPS) is 22.1. The average molecular weight is 750 g/mol. The van der Waals surface area contributed by atoms with Gasteiger partial charge in [-0.2, -0.15) is 0 Å². The molecule has 6 N–H and O–H groups in total. The molecule has 9 heteroatoms. The molecule has 1 saturated heterocycles. The van der Waals surface area contributed by atoms with E-state index in [2.05, 4.69) is 55.6 Å². The molecule has 0 aromatic heterocycles. The molecular weight excluding hydrogens is 670 g/mol. The third-order valence-corrected chi connectivity index (χ3v) is 9.85. The molecule has 0 aliphatic carbocycles. The van der Waals surface area contributed by atoms with Crippen molar-refractivity contribution in [1.82, 2.24) is 5.32 Å². The number of hydrogen-bond acceptors (Lipinski definition) is 8. The molecule has 0 saturated carbocycles. The summed E-state index contributed by atoms with van der Waals surface area (Å²) in [7, 11) is 0. The zero-order chi connectivity index (χ0) is 38.8. The zero-order valence-electron chi connectivity index (χ0n) is 33.5. The molecule has 1 aliphatic rings. The van der Waals surface area contributed by atoms with Gasteiger partial charge in [0.25, 0.3) is 0 Å². The van der Waals surface area contributed by atoms with E-state index < -0.39 is 49.5 Å². The summed E-state index contributed by atoms with van der Waals surface area (Å²) < 4.78 is 11.2. The number of allylic oxidation sites excluding steroid dienone is 7. The van der Waals surface area contributed by atoms with Crippen molar-refractivity contribution in [2.75, 3.05) is 13.2 Å². The van der Waals surface area contributed by atoms with E-state index in [4.69, 9.17) is 9.47 Å². The van der Waals surface area contributed by atoms with E-state index in [0.717, 1.165) is 70.6 Å². The summed E-state index contributed by atoms with van der Waals surface area (Å²) in [6.45, 7) is 3.68. The molecule has 1 amide bonds. The summed E-state index contributed by atoms with van der Waals surface area (Å²) in [5.41, 5.74) is 0. The molecule has 0 radical (unpaired) electrons. The van der Waals surface area contributed by atoms with Crippen LogP contribution in [0.4, 0.5) is 0 Å². The Morgan fingerprint density at radius 2 is 1.09 bits per heavy atom. The molecule has 0 bridgehead atoms. The molecule has 7 atom stereocenters.